The summed E-state index contributed by atoms with van der Waals surface area (Å²) in [6, 6.07) is 5.16. The number of nitrogens with zero attached hydrogens (tertiary/aromatic N) is 1. The van der Waals surface area contributed by atoms with E-state index in [2.05, 4.69) is 10.3 Å². The maximum absolute atomic E-state index is 13.9. The zero-order valence-corrected chi connectivity index (χ0v) is 11.8. The van der Waals surface area contributed by atoms with Gasteiger partial charge in [0.05, 0.1) is 12.2 Å². The highest BCUT2D eigenvalue weighted by Crippen LogP contribution is 2.30. The first-order chi connectivity index (χ1) is 9.63. The molecule has 106 valence electrons. The number of nitrogens with one attached hydrogen (secondary N) is 1. The molecule has 0 saturated carbocycles. The Hall–Kier alpha value is -1.52. The number of rotatable bonds is 5. The topological polar surface area (TPSA) is 24.9 Å². The molecule has 1 heterocycles. The second-order valence-electron chi connectivity index (χ2n) is 4.45. The Morgan fingerprint density at radius 2 is 2.05 bits per heavy atom. The summed E-state index contributed by atoms with van der Waals surface area (Å²) in [6.45, 7) is 2.67. The first kappa shape index (κ1) is 14.9. The van der Waals surface area contributed by atoms with E-state index in [4.69, 9.17) is 11.6 Å². The number of halogens is 3. The van der Waals surface area contributed by atoms with Gasteiger partial charge in [-0.15, -0.1) is 0 Å². The van der Waals surface area contributed by atoms with Crippen LogP contribution in [0.4, 0.5) is 8.78 Å². The van der Waals surface area contributed by atoms with Crippen molar-refractivity contribution in [2.75, 3.05) is 6.54 Å². The van der Waals surface area contributed by atoms with Gasteiger partial charge in [0.2, 0.25) is 0 Å². The van der Waals surface area contributed by atoms with Crippen molar-refractivity contribution >= 4 is 11.6 Å². The van der Waals surface area contributed by atoms with Gasteiger partial charge in [-0.25, -0.2) is 8.78 Å². The summed E-state index contributed by atoms with van der Waals surface area (Å²) in [5.74, 6) is -0.844. The molecule has 0 aliphatic rings. The lowest BCUT2D eigenvalue weighted by Crippen LogP contribution is -2.24. The standard InChI is InChI=1S/C15H15ClF2N2/c1-2-6-20-15(11-5-7-19-9-14(11)18)12-8-10(17)3-4-13(12)16/h3-5,7-9,15,20H,2,6H2,1H3. The lowest BCUT2D eigenvalue weighted by Gasteiger charge is -2.21. The lowest BCUT2D eigenvalue weighted by molar-refractivity contribution is 0.539. The number of hydrogen-bond donors (Lipinski definition) is 1. The van der Waals surface area contributed by atoms with Gasteiger partial charge in [-0.05, 0) is 42.8 Å². The number of aromatic nitrogens is 1. The molecule has 1 N–H and O–H groups in total. The third-order valence-corrected chi connectivity index (χ3v) is 3.33. The molecule has 0 bridgehead atoms. The molecule has 1 unspecified atom stereocenters. The minimum absolute atomic E-state index is 0.399. The van der Waals surface area contributed by atoms with Gasteiger partial charge >= 0.3 is 0 Å². The predicted molar refractivity (Wildman–Crippen MR) is 75.7 cm³/mol. The van der Waals surface area contributed by atoms with E-state index >= 15 is 0 Å². The fourth-order valence-corrected chi connectivity index (χ4v) is 2.26. The van der Waals surface area contributed by atoms with E-state index in [1.165, 1.54) is 24.4 Å². The summed E-state index contributed by atoms with van der Waals surface area (Å²) in [6.07, 6.45) is 3.52. The fourth-order valence-electron chi connectivity index (χ4n) is 2.03. The average Bonchev–Trinajstić information content (AvgIpc) is 2.44. The van der Waals surface area contributed by atoms with Gasteiger partial charge in [-0.3, -0.25) is 4.98 Å². The van der Waals surface area contributed by atoms with Crippen molar-refractivity contribution in [1.82, 2.24) is 10.3 Å². The number of benzene rings is 1. The Labute approximate surface area is 121 Å². The zero-order chi connectivity index (χ0) is 14.5. The molecule has 20 heavy (non-hydrogen) atoms. The molecule has 2 aromatic rings. The second-order valence-corrected chi connectivity index (χ2v) is 4.86. The van der Waals surface area contributed by atoms with Crippen LogP contribution in [-0.4, -0.2) is 11.5 Å². The first-order valence-corrected chi connectivity index (χ1v) is 6.79. The van der Waals surface area contributed by atoms with E-state index in [-0.39, 0.29) is 0 Å². The molecule has 0 aliphatic heterocycles. The van der Waals surface area contributed by atoms with Crippen LogP contribution in [0.2, 0.25) is 5.02 Å². The summed E-state index contributed by atoms with van der Waals surface area (Å²) in [4.78, 5) is 3.73. The fraction of sp³-hybridized carbons (Fsp3) is 0.267. The van der Waals surface area contributed by atoms with Crippen molar-refractivity contribution in [3.8, 4) is 0 Å². The SMILES string of the molecule is CCCNC(c1ccncc1F)c1cc(F)ccc1Cl. The first-order valence-electron chi connectivity index (χ1n) is 6.41. The van der Waals surface area contributed by atoms with Crippen LogP contribution in [-0.2, 0) is 0 Å². The van der Waals surface area contributed by atoms with Gasteiger partial charge in [-0.2, -0.15) is 0 Å². The van der Waals surface area contributed by atoms with E-state index in [9.17, 15) is 8.78 Å². The van der Waals surface area contributed by atoms with Crippen LogP contribution in [0.15, 0.2) is 36.7 Å². The Balaban J connectivity index is 2.47. The lowest BCUT2D eigenvalue weighted by atomic mass is 9.98. The van der Waals surface area contributed by atoms with E-state index in [1.807, 2.05) is 6.92 Å². The predicted octanol–water partition coefficient (Wildman–Crippen LogP) is 4.10. The molecule has 0 spiro atoms. The molecule has 5 heteroatoms. The highest BCUT2D eigenvalue weighted by atomic mass is 35.5. The Morgan fingerprint density at radius 3 is 2.75 bits per heavy atom. The van der Waals surface area contributed by atoms with Crippen LogP contribution in [0.5, 0.6) is 0 Å². The smallest absolute Gasteiger partial charge is 0.146 e. The number of pyridine rings is 1. The molecular weight excluding hydrogens is 282 g/mol. The molecule has 1 aromatic carbocycles. The minimum Gasteiger partial charge on any atom is -0.306 e. The molecule has 2 nitrogen and oxygen atoms in total. The summed E-state index contributed by atoms with van der Waals surface area (Å²) in [5, 5.41) is 3.59. The molecule has 0 amide bonds. The van der Waals surface area contributed by atoms with Crippen molar-refractivity contribution < 1.29 is 8.78 Å². The molecular formula is C15H15ClF2N2. The van der Waals surface area contributed by atoms with Crippen LogP contribution in [0.25, 0.3) is 0 Å². The molecule has 0 fully saturated rings. The van der Waals surface area contributed by atoms with Crippen LogP contribution in [0, 0.1) is 11.6 Å². The normalized spacial score (nSPS) is 12.4. The third-order valence-electron chi connectivity index (χ3n) is 2.98. The zero-order valence-electron chi connectivity index (χ0n) is 11.0. The Kier molecular flexibility index (Phi) is 5.04. The van der Waals surface area contributed by atoms with Gasteiger partial charge in [0.15, 0.2) is 0 Å². The molecule has 1 atom stereocenters. The van der Waals surface area contributed by atoms with Crippen molar-refractivity contribution in [1.29, 1.82) is 0 Å². The third kappa shape index (κ3) is 3.32. The highest BCUT2D eigenvalue weighted by molar-refractivity contribution is 6.31. The average molecular weight is 297 g/mol. The van der Waals surface area contributed by atoms with Gasteiger partial charge < -0.3 is 5.32 Å². The van der Waals surface area contributed by atoms with Crippen molar-refractivity contribution in [3.63, 3.8) is 0 Å². The number of hydrogen-bond acceptors (Lipinski definition) is 2. The Bertz CT molecular complexity index is 590. The summed E-state index contributed by atoms with van der Waals surface area (Å²) >= 11 is 6.13. The minimum atomic E-state index is -0.499. The van der Waals surface area contributed by atoms with Gasteiger partial charge in [-0.1, -0.05) is 18.5 Å². The van der Waals surface area contributed by atoms with Crippen LogP contribution < -0.4 is 5.32 Å². The van der Waals surface area contributed by atoms with Crippen LogP contribution in [0.3, 0.4) is 0 Å². The highest BCUT2D eigenvalue weighted by Gasteiger charge is 2.20. The van der Waals surface area contributed by atoms with Crippen molar-refractivity contribution in [2.24, 2.45) is 0 Å². The quantitative estimate of drug-likeness (QED) is 0.898. The van der Waals surface area contributed by atoms with Crippen molar-refractivity contribution in [2.45, 2.75) is 19.4 Å². The molecule has 2 rings (SSSR count). The molecule has 0 aliphatic carbocycles. The van der Waals surface area contributed by atoms with Gasteiger partial charge in [0, 0.05) is 16.8 Å². The maximum Gasteiger partial charge on any atom is 0.146 e. The molecule has 1 aromatic heterocycles. The monoisotopic (exact) mass is 296 g/mol. The van der Waals surface area contributed by atoms with E-state index in [1.54, 1.807) is 6.07 Å². The van der Waals surface area contributed by atoms with Gasteiger partial charge in [0.25, 0.3) is 0 Å². The molecule has 0 saturated heterocycles. The maximum atomic E-state index is 13.9. The largest absolute Gasteiger partial charge is 0.306 e. The van der Waals surface area contributed by atoms with Gasteiger partial charge in [0.1, 0.15) is 11.6 Å². The van der Waals surface area contributed by atoms with E-state index < -0.39 is 17.7 Å². The summed E-state index contributed by atoms with van der Waals surface area (Å²) in [7, 11) is 0. The van der Waals surface area contributed by atoms with Crippen LogP contribution in [0.1, 0.15) is 30.5 Å². The second kappa shape index (κ2) is 6.77. The van der Waals surface area contributed by atoms with Crippen molar-refractivity contribution in [3.05, 3.63) is 64.4 Å². The van der Waals surface area contributed by atoms with Crippen LogP contribution >= 0.6 is 11.6 Å². The Morgan fingerprint density at radius 1 is 1.25 bits per heavy atom. The van der Waals surface area contributed by atoms with E-state index in [0.717, 1.165) is 12.6 Å². The molecule has 0 radical (unpaired) electrons. The summed E-state index contributed by atoms with van der Waals surface area (Å²) < 4.78 is 27.4. The summed E-state index contributed by atoms with van der Waals surface area (Å²) in [5.41, 5.74) is 0.922. The van der Waals surface area contributed by atoms with E-state index in [0.29, 0.717) is 22.7 Å².